The van der Waals surface area contributed by atoms with Crippen LogP contribution in [0.5, 0.6) is 0 Å². The van der Waals surface area contributed by atoms with Gasteiger partial charge in [-0.25, -0.2) is 4.79 Å². The van der Waals surface area contributed by atoms with Gasteiger partial charge >= 0.3 is 5.97 Å². The van der Waals surface area contributed by atoms with Crippen LogP contribution in [0.1, 0.15) is 20.9 Å². The molecule has 0 saturated carbocycles. The van der Waals surface area contributed by atoms with E-state index < -0.39 is 5.97 Å². The number of carboxylic acid groups (broad SMARTS) is 1. The normalized spacial score (nSPS) is 10.7. The molecule has 0 radical (unpaired) electrons. The van der Waals surface area contributed by atoms with Crippen LogP contribution in [-0.4, -0.2) is 21.3 Å². The van der Waals surface area contributed by atoms with E-state index in [2.05, 4.69) is 22.3 Å². The van der Waals surface area contributed by atoms with Crippen LogP contribution in [0.4, 0.5) is 0 Å². The van der Waals surface area contributed by atoms with Gasteiger partial charge in [0.25, 0.3) is 0 Å². The molecule has 1 aromatic carbocycles. The number of aromatic amines is 1. The number of carbonyl (C=O) groups is 1. The van der Waals surface area contributed by atoms with Crippen LogP contribution >= 0.6 is 11.3 Å². The highest BCUT2D eigenvalue weighted by Crippen LogP contribution is 2.27. The molecule has 3 aromatic rings. The smallest absolute Gasteiger partial charge is 0.345 e. The summed E-state index contributed by atoms with van der Waals surface area (Å²) in [6, 6.07) is 15.7. The van der Waals surface area contributed by atoms with Crippen molar-refractivity contribution < 1.29 is 9.90 Å². The van der Waals surface area contributed by atoms with Gasteiger partial charge in [-0.2, -0.15) is 5.10 Å². The standard InChI is InChI=1S/C16H14N2O2S/c19-16(20)15-9-8-14(21-15)13-10-12(17-18-13)7-6-11-4-2-1-3-5-11/h1-5,8-10H,6-7H2,(H,17,18)(H,19,20). The lowest BCUT2D eigenvalue weighted by Crippen LogP contribution is -1.90. The third kappa shape index (κ3) is 3.20. The second kappa shape index (κ2) is 5.93. The molecular weight excluding hydrogens is 284 g/mol. The number of nitrogens with one attached hydrogen (secondary N) is 1. The number of aryl methyl sites for hydroxylation is 2. The minimum atomic E-state index is -0.897. The van der Waals surface area contributed by atoms with Crippen LogP contribution in [0.3, 0.4) is 0 Å². The van der Waals surface area contributed by atoms with E-state index >= 15 is 0 Å². The summed E-state index contributed by atoms with van der Waals surface area (Å²) >= 11 is 1.24. The maximum atomic E-state index is 10.9. The lowest BCUT2D eigenvalue weighted by Gasteiger charge is -1.98. The number of aromatic carboxylic acids is 1. The Labute approximate surface area is 126 Å². The maximum absolute atomic E-state index is 10.9. The number of rotatable bonds is 5. The minimum Gasteiger partial charge on any atom is -0.477 e. The average Bonchev–Trinajstić information content (AvgIpc) is 3.15. The molecule has 0 fully saturated rings. The molecule has 0 bridgehead atoms. The second-order valence-corrected chi connectivity index (χ2v) is 5.82. The van der Waals surface area contributed by atoms with Crippen molar-refractivity contribution in [3.63, 3.8) is 0 Å². The van der Waals surface area contributed by atoms with Crippen molar-refractivity contribution in [1.29, 1.82) is 0 Å². The molecule has 21 heavy (non-hydrogen) atoms. The Kier molecular flexibility index (Phi) is 3.83. The summed E-state index contributed by atoms with van der Waals surface area (Å²) < 4.78 is 0. The fourth-order valence-corrected chi connectivity index (χ4v) is 2.94. The van der Waals surface area contributed by atoms with Gasteiger partial charge in [-0.1, -0.05) is 30.3 Å². The van der Waals surface area contributed by atoms with Gasteiger partial charge in [-0.3, -0.25) is 5.10 Å². The van der Waals surface area contributed by atoms with Crippen LogP contribution in [-0.2, 0) is 12.8 Å². The molecule has 0 atom stereocenters. The van der Waals surface area contributed by atoms with E-state index in [9.17, 15) is 4.79 Å². The van der Waals surface area contributed by atoms with Crippen LogP contribution in [0.15, 0.2) is 48.5 Å². The Morgan fingerprint density at radius 2 is 1.95 bits per heavy atom. The van der Waals surface area contributed by atoms with Crippen molar-refractivity contribution in [2.45, 2.75) is 12.8 Å². The predicted molar refractivity (Wildman–Crippen MR) is 82.7 cm³/mol. The molecule has 0 spiro atoms. The zero-order valence-corrected chi connectivity index (χ0v) is 12.1. The third-order valence-electron chi connectivity index (χ3n) is 3.23. The first kappa shape index (κ1) is 13.6. The fraction of sp³-hybridized carbons (Fsp3) is 0.125. The van der Waals surface area contributed by atoms with E-state index in [0.717, 1.165) is 29.1 Å². The average molecular weight is 298 g/mol. The molecule has 5 heteroatoms. The van der Waals surface area contributed by atoms with Gasteiger partial charge in [0.1, 0.15) is 10.6 Å². The molecule has 2 aromatic heterocycles. The lowest BCUT2D eigenvalue weighted by atomic mass is 10.1. The van der Waals surface area contributed by atoms with E-state index in [1.54, 1.807) is 12.1 Å². The molecule has 0 aliphatic rings. The van der Waals surface area contributed by atoms with Crippen molar-refractivity contribution in [1.82, 2.24) is 10.2 Å². The summed E-state index contributed by atoms with van der Waals surface area (Å²) in [5, 5.41) is 16.2. The summed E-state index contributed by atoms with van der Waals surface area (Å²) in [7, 11) is 0. The zero-order chi connectivity index (χ0) is 14.7. The number of aromatic nitrogens is 2. The highest BCUT2D eigenvalue weighted by Gasteiger charge is 2.11. The quantitative estimate of drug-likeness (QED) is 0.756. The lowest BCUT2D eigenvalue weighted by molar-refractivity contribution is 0.0702. The van der Waals surface area contributed by atoms with E-state index in [0.29, 0.717) is 4.88 Å². The number of hydrogen-bond donors (Lipinski definition) is 2. The Morgan fingerprint density at radius 3 is 2.67 bits per heavy atom. The number of nitrogens with zero attached hydrogens (tertiary/aromatic N) is 1. The number of thiophene rings is 1. The highest BCUT2D eigenvalue weighted by atomic mass is 32.1. The van der Waals surface area contributed by atoms with Gasteiger partial charge in [0.15, 0.2) is 0 Å². The first-order valence-corrected chi connectivity index (χ1v) is 7.46. The Bertz CT molecular complexity index is 746. The third-order valence-corrected chi connectivity index (χ3v) is 4.32. The summed E-state index contributed by atoms with van der Waals surface area (Å²) in [4.78, 5) is 12.1. The largest absolute Gasteiger partial charge is 0.477 e. The minimum absolute atomic E-state index is 0.332. The molecule has 0 unspecified atom stereocenters. The van der Waals surface area contributed by atoms with Crippen molar-refractivity contribution in [3.8, 4) is 10.6 Å². The molecule has 0 aliphatic heterocycles. The molecule has 2 N–H and O–H groups in total. The molecule has 0 aliphatic carbocycles. The monoisotopic (exact) mass is 298 g/mol. The van der Waals surface area contributed by atoms with Crippen molar-refractivity contribution >= 4 is 17.3 Å². The summed E-state index contributed by atoms with van der Waals surface area (Å²) in [6.45, 7) is 0. The Balaban J connectivity index is 1.69. The number of carboxylic acids is 1. The van der Waals surface area contributed by atoms with Gasteiger partial charge < -0.3 is 5.11 Å². The molecular formula is C16H14N2O2S. The van der Waals surface area contributed by atoms with Crippen LogP contribution in [0.25, 0.3) is 10.6 Å². The van der Waals surface area contributed by atoms with Crippen LogP contribution in [0, 0.1) is 0 Å². The van der Waals surface area contributed by atoms with E-state index in [4.69, 9.17) is 5.11 Å². The van der Waals surface area contributed by atoms with Crippen molar-refractivity contribution in [2.24, 2.45) is 0 Å². The maximum Gasteiger partial charge on any atom is 0.345 e. The number of hydrogen-bond acceptors (Lipinski definition) is 3. The van der Waals surface area contributed by atoms with Crippen molar-refractivity contribution in [3.05, 3.63) is 64.7 Å². The summed E-state index contributed by atoms with van der Waals surface area (Å²) in [6.07, 6.45) is 1.83. The Morgan fingerprint density at radius 1 is 1.14 bits per heavy atom. The predicted octanol–water partition coefficient (Wildman–Crippen LogP) is 3.62. The highest BCUT2D eigenvalue weighted by molar-refractivity contribution is 7.17. The van der Waals surface area contributed by atoms with Gasteiger partial charge in [-0.15, -0.1) is 11.3 Å². The Hall–Kier alpha value is -2.40. The fourth-order valence-electron chi connectivity index (χ4n) is 2.13. The van der Waals surface area contributed by atoms with Gasteiger partial charge in [0, 0.05) is 5.69 Å². The number of H-pyrrole nitrogens is 1. The van der Waals surface area contributed by atoms with Gasteiger partial charge in [-0.05, 0) is 36.6 Å². The van der Waals surface area contributed by atoms with Crippen LogP contribution < -0.4 is 0 Å². The molecule has 0 saturated heterocycles. The van der Waals surface area contributed by atoms with Crippen molar-refractivity contribution in [2.75, 3.05) is 0 Å². The van der Waals surface area contributed by atoms with E-state index in [1.807, 2.05) is 24.3 Å². The summed E-state index contributed by atoms with van der Waals surface area (Å²) in [5.41, 5.74) is 3.15. The van der Waals surface area contributed by atoms with Gasteiger partial charge in [0.05, 0.1) is 4.88 Å². The first-order valence-electron chi connectivity index (χ1n) is 6.64. The second-order valence-electron chi connectivity index (χ2n) is 4.73. The summed E-state index contributed by atoms with van der Waals surface area (Å²) in [5.74, 6) is -0.897. The van der Waals surface area contributed by atoms with Crippen LogP contribution in [0.2, 0.25) is 0 Å². The molecule has 4 nitrogen and oxygen atoms in total. The number of benzene rings is 1. The molecule has 106 valence electrons. The first-order chi connectivity index (χ1) is 10.2. The molecule has 2 heterocycles. The van der Waals surface area contributed by atoms with Gasteiger partial charge in [0.2, 0.25) is 0 Å². The van der Waals surface area contributed by atoms with E-state index in [-0.39, 0.29) is 0 Å². The molecule has 3 rings (SSSR count). The SMILES string of the molecule is O=C(O)c1ccc(-c2cc(CCc3ccccc3)[nH]n2)s1. The zero-order valence-electron chi connectivity index (χ0n) is 11.2. The topological polar surface area (TPSA) is 66.0 Å². The molecule has 0 amide bonds. The van der Waals surface area contributed by atoms with E-state index in [1.165, 1.54) is 16.9 Å².